The van der Waals surface area contributed by atoms with Gasteiger partial charge in [0.15, 0.2) is 0 Å². The summed E-state index contributed by atoms with van der Waals surface area (Å²) >= 11 is 0. The van der Waals surface area contributed by atoms with Crippen molar-refractivity contribution in [2.24, 2.45) is 0 Å². The third-order valence-electron chi connectivity index (χ3n) is 2.67. The van der Waals surface area contributed by atoms with Gasteiger partial charge < -0.3 is 0 Å². The molecule has 6 saturated heterocycles. The molecule has 0 aromatic heterocycles. The zero-order valence-electron chi connectivity index (χ0n) is 7.44. The van der Waals surface area contributed by atoms with Crippen molar-refractivity contribution in [3.8, 4) is 0 Å². The second-order valence-corrected chi connectivity index (χ2v) is 6.49. The van der Waals surface area contributed by atoms with Gasteiger partial charge in [0.05, 0.1) is 0 Å². The fourth-order valence-electron chi connectivity index (χ4n) is 2.03. The summed E-state index contributed by atoms with van der Waals surface area (Å²) in [6, 6.07) is 0. The summed E-state index contributed by atoms with van der Waals surface area (Å²) in [6.45, 7) is 1.79. The summed E-state index contributed by atoms with van der Waals surface area (Å²) < 4.78 is 52.2. The molecule has 0 aromatic rings. The number of phosphoric ester groups is 2. The molecule has 8 nitrogen and oxygen atoms in total. The van der Waals surface area contributed by atoms with Gasteiger partial charge >= 0.3 is 21.6 Å². The van der Waals surface area contributed by atoms with Crippen LogP contribution in [0.4, 0.5) is 0 Å². The molecule has 0 aromatic carbocycles. The van der Waals surface area contributed by atoms with Crippen molar-refractivity contribution in [3.05, 3.63) is 0 Å². The number of fused-ring (bicyclic) bond motifs is 1. The quantitative estimate of drug-likeness (QED) is 0.686. The normalized spacial score (nSPS) is 69.3. The molecule has 0 saturated carbocycles. The SMILES string of the molecule is CCC1OP2(=O)OC1(C13OP(=O)(O1)O3)O2. The summed E-state index contributed by atoms with van der Waals surface area (Å²) in [4.78, 5) is 0. The molecule has 0 radical (unpaired) electrons. The molecule has 0 amide bonds. The highest BCUT2D eigenvalue weighted by molar-refractivity contribution is 7.52. The minimum atomic E-state index is -3.44. The van der Waals surface area contributed by atoms with Crippen LogP contribution in [0.25, 0.3) is 0 Å². The van der Waals surface area contributed by atoms with Gasteiger partial charge in [-0.2, -0.15) is 0 Å². The molecule has 1 unspecified atom stereocenters. The number of phosphoric acid groups is 2. The molecule has 6 fully saturated rings. The molecule has 84 valence electrons. The fourth-order valence-corrected chi connectivity index (χ4v) is 5.16. The topological polar surface area (TPSA) is 89.5 Å². The highest BCUT2D eigenvalue weighted by atomic mass is 31.2. The van der Waals surface area contributed by atoms with Crippen LogP contribution in [0, 0.1) is 0 Å². The van der Waals surface area contributed by atoms with Gasteiger partial charge in [0.2, 0.25) is 0 Å². The number of rotatable bonds is 2. The Labute approximate surface area is 84.0 Å². The lowest BCUT2D eigenvalue weighted by molar-refractivity contribution is -0.524. The lowest BCUT2D eigenvalue weighted by atomic mass is 10.1. The minimum Gasteiger partial charge on any atom is -0.277 e. The molecule has 6 rings (SSSR count). The van der Waals surface area contributed by atoms with Gasteiger partial charge in [-0.05, 0) is 6.42 Å². The van der Waals surface area contributed by atoms with Gasteiger partial charge in [0.25, 0.3) is 5.79 Å². The van der Waals surface area contributed by atoms with E-state index < -0.39 is 33.5 Å². The van der Waals surface area contributed by atoms with E-state index in [4.69, 9.17) is 27.1 Å². The molecule has 1 atom stereocenters. The molecule has 6 heterocycles. The highest BCUT2D eigenvalue weighted by Crippen LogP contribution is 2.90. The predicted molar refractivity (Wildman–Crippen MR) is 41.3 cm³/mol. The molecule has 15 heavy (non-hydrogen) atoms. The van der Waals surface area contributed by atoms with Crippen molar-refractivity contribution in [2.45, 2.75) is 31.2 Å². The first-order chi connectivity index (χ1) is 6.95. The van der Waals surface area contributed by atoms with Gasteiger partial charge in [-0.15, -0.1) is 0 Å². The standard InChI is InChI=1S/C5H6O8P2/c1-2-3-4(9-14(6,8-3)10-4)5-11-15(7,12-5)13-5/h3H,2H2,1H3. The van der Waals surface area contributed by atoms with Crippen molar-refractivity contribution < 1.29 is 36.3 Å². The van der Waals surface area contributed by atoms with Crippen molar-refractivity contribution in [1.82, 2.24) is 0 Å². The molecule has 4 bridgehead atoms. The van der Waals surface area contributed by atoms with Gasteiger partial charge in [-0.3, -0.25) is 4.52 Å². The maximum absolute atomic E-state index is 11.4. The predicted octanol–water partition coefficient (Wildman–Crippen LogP) is 1.49. The van der Waals surface area contributed by atoms with Gasteiger partial charge in [0.1, 0.15) is 6.10 Å². The first kappa shape index (κ1) is 9.27. The van der Waals surface area contributed by atoms with Gasteiger partial charge in [-0.25, -0.2) is 31.7 Å². The Morgan fingerprint density at radius 3 is 2.13 bits per heavy atom. The maximum atomic E-state index is 11.4. The van der Waals surface area contributed by atoms with E-state index in [0.29, 0.717) is 6.42 Å². The van der Waals surface area contributed by atoms with Crippen LogP contribution in [0.1, 0.15) is 13.3 Å². The van der Waals surface area contributed by atoms with E-state index in [1.165, 1.54) is 0 Å². The third-order valence-corrected chi connectivity index (χ3v) is 5.56. The summed E-state index contributed by atoms with van der Waals surface area (Å²) in [6.07, 6.45) is -0.135. The number of hydrogen-bond acceptors (Lipinski definition) is 8. The third kappa shape index (κ3) is 0.779. The van der Waals surface area contributed by atoms with Crippen LogP contribution in [0.2, 0.25) is 0 Å². The molecular weight excluding hydrogens is 250 g/mol. The van der Waals surface area contributed by atoms with Crippen molar-refractivity contribution >= 4 is 15.6 Å². The molecule has 0 N–H and O–H groups in total. The zero-order chi connectivity index (χ0) is 10.5. The van der Waals surface area contributed by atoms with E-state index in [1.807, 2.05) is 0 Å². The Kier molecular flexibility index (Phi) is 1.31. The van der Waals surface area contributed by atoms with E-state index in [1.54, 1.807) is 6.92 Å². The fraction of sp³-hybridized carbons (Fsp3) is 1.00. The molecule has 6 aliphatic rings. The summed E-state index contributed by atoms with van der Waals surface area (Å²) in [5, 5.41) is 0. The van der Waals surface area contributed by atoms with Crippen LogP contribution in [0.3, 0.4) is 0 Å². The molecular formula is C5H6O8P2. The van der Waals surface area contributed by atoms with Crippen LogP contribution in [-0.2, 0) is 36.3 Å². The van der Waals surface area contributed by atoms with E-state index in [-0.39, 0.29) is 0 Å². The summed E-state index contributed by atoms with van der Waals surface area (Å²) in [5.41, 5.74) is 0. The largest absolute Gasteiger partial charge is 0.488 e. The maximum Gasteiger partial charge on any atom is 0.488 e. The van der Waals surface area contributed by atoms with Crippen LogP contribution >= 0.6 is 15.6 Å². The van der Waals surface area contributed by atoms with Crippen LogP contribution in [0.5, 0.6) is 0 Å². The van der Waals surface area contributed by atoms with E-state index in [9.17, 15) is 9.13 Å². The van der Waals surface area contributed by atoms with Crippen molar-refractivity contribution in [1.29, 1.82) is 0 Å². The highest BCUT2D eigenvalue weighted by Gasteiger charge is 2.94. The first-order valence-corrected chi connectivity index (χ1v) is 7.29. The molecule has 6 aliphatic heterocycles. The lowest BCUT2D eigenvalue weighted by Crippen LogP contribution is -2.75. The van der Waals surface area contributed by atoms with E-state index in [0.717, 1.165) is 0 Å². The summed E-state index contributed by atoms with van der Waals surface area (Å²) in [5.74, 6) is -3.13. The first-order valence-electron chi connectivity index (χ1n) is 4.37. The average Bonchev–Trinajstić information content (AvgIpc) is 2.45. The monoisotopic (exact) mass is 256 g/mol. The van der Waals surface area contributed by atoms with E-state index in [2.05, 4.69) is 0 Å². The Balaban J connectivity index is 1.72. The molecule has 0 spiro atoms. The molecule has 0 aliphatic carbocycles. The van der Waals surface area contributed by atoms with Crippen molar-refractivity contribution in [2.75, 3.05) is 0 Å². The Morgan fingerprint density at radius 2 is 1.67 bits per heavy atom. The zero-order valence-corrected chi connectivity index (χ0v) is 9.23. The van der Waals surface area contributed by atoms with Crippen LogP contribution in [-0.4, -0.2) is 17.9 Å². The van der Waals surface area contributed by atoms with Gasteiger partial charge in [0, 0.05) is 0 Å². The number of hydrogen-bond donors (Lipinski definition) is 0. The van der Waals surface area contributed by atoms with Crippen LogP contribution < -0.4 is 0 Å². The van der Waals surface area contributed by atoms with E-state index >= 15 is 0 Å². The molecule has 10 heteroatoms. The summed E-state index contributed by atoms with van der Waals surface area (Å²) in [7, 11) is -6.76. The lowest BCUT2D eigenvalue weighted by Gasteiger charge is -2.61. The second kappa shape index (κ2) is 2.12. The van der Waals surface area contributed by atoms with Crippen LogP contribution in [0.15, 0.2) is 0 Å². The average molecular weight is 256 g/mol. The minimum absolute atomic E-state index is 0.478. The smallest absolute Gasteiger partial charge is 0.277 e. The van der Waals surface area contributed by atoms with Gasteiger partial charge in [-0.1, -0.05) is 6.92 Å². The second-order valence-electron chi connectivity index (χ2n) is 3.58. The van der Waals surface area contributed by atoms with Crippen molar-refractivity contribution in [3.63, 3.8) is 0 Å². The Hall–Kier alpha value is 0.220. The Morgan fingerprint density at radius 1 is 1.07 bits per heavy atom. The Bertz CT molecular complexity index is 421.